The Bertz CT molecular complexity index is 647. The third kappa shape index (κ3) is 2.72. The molecule has 0 aliphatic carbocycles. The molecule has 4 heteroatoms. The van der Waals surface area contributed by atoms with Crippen LogP contribution in [0.4, 0.5) is 4.39 Å². The summed E-state index contributed by atoms with van der Waals surface area (Å²) in [6.07, 6.45) is 0. The fourth-order valence-electron chi connectivity index (χ4n) is 1.68. The standard InChI is InChI=1S/C15H12FNO2/c1-10-5-6-11(8-17)7-14(10)19-15-12(9-18)3-2-4-13(15)16/h2-7,18H,9H2,1H3. The number of halogens is 1. The first-order valence-electron chi connectivity index (χ1n) is 5.72. The third-order valence-electron chi connectivity index (χ3n) is 2.75. The van der Waals surface area contributed by atoms with Crippen molar-refractivity contribution < 1.29 is 14.2 Å². The molecule has 0 aromatic heterocycles. The van der Waals surface area contributed by atoms with Crippen LogP contribution in [0.5, 0.6) is 11.5 Å². The van der Waals surface area contributed by atoms with Gasteiger partial charge in [-0.25, -0.2) is 4.39 Å². The second-order valence-corrected chi connectivity index (χ2v) is 4.08. The summed E-state index contributed by atoms with van der Waals surface area (Å²) < 4.78 is 19.3. The number of ether oxygens (including phenoxy) is 1. The van der Waals surface area contributed by atoms with Gasteiger partial charge in [-0.15, -0.1) is 0 Å². The van der Waals surface area contributed by atoms with E-state index in [1.54, 1.807) is 31.2 Å². The van der Waals surface area contributed by atoms with Gasteiger partial charge in [0.15, 0.2) is 11.6 Å². The molecule has 0 fully saturated rings. The fraction of sp³-hybridized carbons (Fsp3) is 0.133. The van der Waals surface area contributed by atoms with E-state index in [0.717, 1.165) is 5.56 Å². The minimum Gasteiger partial charge on any atom is -0.454 e. The lowest BCUT2D eigenvalue weighted by atomic mass is 10.1. The van der Waals surface area contributed by atoms with Crippen molar-refractivity contribution in [1.29, 1.82) is 5.26 Å². The molecule has 1 N–H and O–H groups in total. The van der Waals surface area contributed by atoms with Crippen LogP contribution in [0.2, 0.25) is 0 Å². The SMILES string of the molecule is Cc1ccc(C#N)cc1Oc1c(F)cccc1CO. The van der Waals surface area contributed by atoms with E-state index < -0.39 is 5.82 Å². The maximum atomic E-state index is 13.7. The molecule has 0 heterocycles. The molecule has 0 saturated heterocycles. The Kier molecular flexibility index (Phi) is 3.79. The molecule has 0 atom stereocenters. The fourth-order valence-corrected chi connectivity index (χ4v) is 1.68. The van der Waals surface area contributed by atoms with Gasteiger partial charge in [0.25, 0.3) is 0 Å². The van der Waals surface area contributed by atoms with Crippen molar-refractivity contribution in [3.05, 3.63) is 58.9 Å². The molecule has 96 valence electrons. The predicted octanol–water partition coefficient (Wildman–Crippen LogP) is 3.29. The highest BCUT2D eigenvalue weighted by molar-refractivity contribution is 5.45. The van der Waals surface area contributed by atoms with Crippen molar-refractivity contribution in [2.24, 2.45) is 0 Å². The normalized spacial score (nSPS) is 10.0. The Hall–Kier alpha value is -2.38. The van der Waals surface area contributed by atoms with Crippen molar-refractivity contribution in [3.63, 3.8) is 0 Å². The number of hydrogen-bond acceptors (Lipinski definition) is 3. The van der Waals surface area contributed by atoms with Crippen molar-refractivity contribution in [1.82, 2.24) is 0 Å². The Labute approximate surface area is 110 Å². The van der Waals surface area contributed by atoms with Gasteiger partial charge in [-0.1, -0.05) is 18.2 Å². The number of benzene rings is 2. The van der Waals surface area contributed by atoms with E-state index in [1.165, 1.54) is 12.1 Å². The lowest BCUT2D eigenvalue weighted by Gasteiger charge is -2.12. The summed E-state index contributed by atoms with van der Waals surface area (Å²) in [7, 11) is 0. The first-order valence-corrected chi connectivity index (χ1v) is 5.72. The molecule has 0 aliphatic heterocycles. The van der Waals surface area contributed by atoms with Crippen LogP contribution in [-0.2, 0) is 6.61 Å². The van der Waals surface area contributed by atoms with Gasteiger partial charge in [-0.05, 0) is 30.7 Å². The molecule has 3 nitrogen and oxygen atoms in total. The van der Waals surface area contributed by atoms with E-state index in [-0.39, 0.29) is 12.4 Å². The lowest BCUT2D eigenvalue weighted by molar-refractivity contribution is 0.274. The lowest BCUT2D eigenvalue weighted by Crippen LogP contribution is -1.96. The predicted molar refractivity (Wildman–Crippen MR) is 68.3 cm³/mol. The molecule has 0 unspecified atom stereocenters. The maximum Gasteiger partial charge on any atom is 0.168 e. The van der Waals surface area contributed by atoms with Crippen LogP contribution in [0.3, 0.4) is 0 Å². The van der Waals surface area contributed by atoms with E-state index >= 15 is 0 Å². The smallest absolute Gasteiger partial charge is 0.168 e. The van der Waals surface area contributed by atoms with Crippen molar-refractivity contribution in [3.8, 4) is 17.6 Å². The zero-order valence-electron chi connectivity index (χ0n) is 10.4. The Morgan fingerprint density at radius 2 is 2.11 bits per heavy atom. The number of aryl methyl sites for hydroxylation is 1. The van der Waals surface area contributed by atoms with Gasteiger partial charge in [0.05, 0.1) is 18.2 Å². The van der Waals surface area contributed by atoms with Crippen LogP contribution >= 0.6 is 0 Å². The summed E-state index contributed by atoms with van der Waals surface area (Å²) in [5.41, 5.74) is 1.58. The molecule has 0 bridgehead atoms. The van der Waals surface area contributed by atoms with Crippen molar-refractivity contribution in [2.75, 3.05) is 0 Å². The molecule has 0 saturated carbocycles. The highest BCUT2D eigenvalue weighted by Crippen LogP contribution is 2.31. The second kappa shape index (κ2) is 5.51. The summed E-state index contributed by atoms with van der Waals surface area (Å²) in [5, 5.41) is 18.0. The van der Waals surface area contributed by atoms with Crippen LogP contribution in [0, 0.1) is 24.1 Å². The van der Waals surface area contributed by atoms with E-state index in [2.05, 4.69) is 0 Å². The Morgan fingerprint density at radius 3 is 2.79 bits per heavy atom. The molecule has 19 heavy (non-hydrogen) atoms. The Balaban J connectivity index is 2.44. The molecule has 0 aliphatic rings. The van der Waals surface area contributed by atoms with Gasteiger partial charge in [0, 0.05) is 5.56 Å². The number of nitrogens with zero attached hydrogens (tertiary/aromatic N) is 1. The molecule has 0 amide bonds. The molecule has 2 aromatic carbocycles. The molecular formula is C15H12FNO2. The number of hydrogen-bond donors (Lipinski definition) is 1. The van der Waals surface area contributed by atoms with Gasteiger partial charge in [0.1, 0.15) is 5.75 Å². The molecule has 2 rings (SSSR count). The van der Waals surface area contributed by atoms with Gasteiger partial charge in [-0.3, -0.25) is 0 Å². The van der Waals surface area contributed by atoms with Crippen LogP contribution in [0.25, 0.3) is 0 Å². The highest BCUT2D eigenvalue weighted by Gasteiger charge is 2.12. The van der Waals surface area contributed by atoms with Gasteiger partial charge in [0.2, 0.25) is 0 Å². The number of para-hydroxylation sites is 1. The summed E-state index contributed by atoms with van der Waals surface area (Å²) in [6.45, 7) is 1.49. The van der Waals surface area contributed by atoms with Crippen LogP contribution in [-0.4, -0.2) is 5.11 Å². The molecular weight excluding hydrogens is 245 g/mol. The number of aliphatic hydroxyl groups is 1. The van der Waals surface area contributed by atoms with E-state index in [1.807, 2.05) is 6.07 Å². The average molecular weight is 257 g/mol. The minimum absolute atomic E-state index is 0.0109. The van der Waals surface area contributed by atoms with Crippen molar-refractivity contribution >= 4 is 0 Å². The number of rotatable bonds is 3. The second-order valence-electron chi connectivity index (χ2n) is 4.08. The largest absolute Gasteiger partial charge is 0.454 e. The summed E-state index contributed by atoms with van der Waals surface area (Å²) >= 11 is 0. The number of aliphatic hydroxyl groups excluding tert-OH is 1. The van der Waals surface area contributed by atoms with E-state index in [4.69, 9.17) is 10.00 Å². The monoisotopic (exact) mass is 257 g/mol. The van der Waals surface area contributed by atoms with Crippen LogP contribution in [0.1, 0.15) is 16.7 Å². The molecule has 0 radical (unpaired) electrons. The van der Waals surface area contributed by atoms with Crippen molar-refractivity contribution in [2.45, 2.75) is 13.5 Å². The van der Waals surface area contributed by atoms with Gasteiger partial charge in [-0.2, -0.15) is 5.26 Å². The molecule has 0 spiro atoms. The summed E-state index contributed by atoms with van der Waals surface area (Å²) in [5.74, 6) is -0.157. The van der Waals surface area contributed by atoms with Crippen LogP contribution < -0.4 is 4.74 Å². The van der Waals surface area contributed by atoms with E-state index in [0.29, 0.717) is 16.9 Å². The third-order valence-corrected chi connectivity index (χ3v) is 2.75. The zero-order chi connectivity index (χ0) is 13.8. The highest BCUT2D eigenvalue weighted by atomic mass is 19.1. The molecule has 2 aromatic rings. The minimum atomic E-state index is -0.548. The van der Waals surface area contributed by atoms with Crippen LogP contribution in [0.15, 0.2) is 36.4 Å². The average Bonchev–Trinajstić information content (AvgIpc) is 2.43. The summed E-state index contributed by atoms with van der Waals surface area (Å²) in [4.78, 5) is 0. The Morgan fingerprint density at radius 1 is 1.32 bits per heavy atom. The first kappa shape index (κ1) is 13.1. The topological polar surface area (TPSA) is 53.2 Å². The van der Waals surface area contributed by atoms with Gasteiger partial charge >= 0.3 is 0 Å². The first-order chi connectivity index (χ1) is 9.15. The maximum absolute atomic E-state index is 13.7. The zero-order valence-corrected chi connectivity index (χ0v) is 10.4. The van der Waals surface area contributed by atoms with Gasteiger partial charge < -0.3 is 9.84 Å². The number of nitriles is 1. The summed E-state index contributed by atoms with van der Waals surface area (Å²) in [6, 6.07) is 11.3. The quantitative estimate of drug-likeness (QED) is 0.917. The van der Waals surface area contributed by atoms with E-state index in [9.17, 15) is 9.50 Å².